The minimum atomic E-state index is -0.224. The van der Waals surface area contributed by atoms with E-state index in [0.29, 0.717) is 17.9 Å². The van der Waals surface area contributed by atoms with Crippen molar-refractivity contribution in [1.29, 1.82) is 0 Å². The Bertz CT molecular complexity index is 720. The lowest BCUT2D eigenvalue weighted by atomic mass is 9.92. The fourth-order valence-electron chi connectivity index (χ4n) is 3.01. The van der Waals surface area contributed by atoms with Crippen LogP contribution in [0, 0.1) is 5.82 Å². The summed E-state index contributed by atoms with van der Waals surface area (Å²) in [7, 11) is 5.46. The molecule has 2 aromatic rings. The van der Waals surface area contributed by atoms with Crippen LogP contribution < -0.4 is 15.0 Å². The number of ether oxygens (including phenoxy) is 1. The summed E-state index contributed by atoms with van der Waals surface area (Å²) in [5, 5.41) is 3.45. The molecule has 0 bridgehead atoms. The highest BCUT2D eigenvalue weighted by molar-refractivity contribution is 5.34. The van der Waals surface area contributed by atoms with Crippen LogP contribution in [0.2, 0.25) is 0 Å². The zero-order valence-electron chi connectivity index (χ0n) is 14.3. The normalized spacial score (nSPS) is 16.6. The summed E-state index contributed by atoms with van der Waals surface area (Å²) in [4.78, 5) is 11.0. The van der Waals surface area contributed by atoms with Gasteiger partial charge in [0.1, 0.15) is 11.6 Å². The number of benzene rings is 1. The predicted molar refractivity (Wildman–Crippen MR) is 91.8 cm³/mol. The number of halogens is 1. The first-order valence-electron chi connectivity index (χ1n) is 8.17. The Morgan fingerprint density at radius 1 is 1.38 bits per heavy atom. The van der Waals surface area contributed by atoms with E-state index >= 15 is 0 Å². The van der Waals surface area contributed by atoms with E-state index in [9.17, 15) is 4.39 Å². The summed E-state index contributed by atoms with van der Waals surface area (Å²) >= 11 is 0. The van der Waals surface area contributed by atoms with Crippen molar-refractivity contribution in [1.82, 2.24) is 15.3 Å². The molecular weight excluding hydrogens is 307 g/mol. The molecule has 1 atom stereocenters. The molecular formula is C18H23FN4O. The number of nitrogens with zero attached hydrogens (tertiary/aromatic N) is 3. The van der Waals surface area contributed by atoms with Gasteiger partial charge >= 0.3 is 0 Å². The molecule has 0 amide bonds. The van der Waals surface area contributed by atoms with Crippen LogP contribution in [0.1, 0.15) is 35.7 Å². The second kappa shape index (κ2) is 7.13. The molecule has 0 saturated heterocycles. The van der Waals surface area contributed by atoms with Gasteiger partial charge in [-0.25, -0.2) is 14.4 Å². The standard InChI is InChI=1S/C18H23FN4O/c1-23(2)18-21-11-14-16(5-4-6-17(14)22-18)20-10-12-9-13(24-3)7-8-15(12)19/h7-9,11,16,20H,4-6,10H2,1-3H3/t16-/m1/s1. The molecule has 0 saturated carbocycles. The van der Waals surface area contributed by atoms with E-state index in [2.05, 4.69) is 15.3 Å². The lowest BCUT2D eigenvalue weighted by molar-refractivity contribution is 0.410. The highest BCUT2D eigenvalue weighted by Crippen LogP contribution is 2.29. The number of anilines is 1. The molecule has 1 aromatic heterocycles. The fraction of sp³-hybridized carbons (Fsp3) is 0.444. The second-order valence-corrected chi connectivity index (χ2v) is 6.25. The first-order chi connectivity index (χ1) is 11.6. The van der Waals surface area contributed by atoms with E-state index in [-0.39, 0.29) is 11.9 Å². The molecule has 0 aliphatic heterocycles. The van der Waals surface area contributed by atoms with E-state index in [4.69, 9.17) is 4.74 Å². The van der Waals surface area contributed by atoms with Crippen LogP contribution >= 0.6 is 0 Å². The van der Waals surface area contributed by atoms with Crippen molar-refractivity contribution in [2.24, 2.45) is 0 Å². The summed E-state index contributed by atoms with van der Waals surface area (Å²) in [5.41, 5.74) is 2.81. The Morgan fingerprint density at radius 2 is 2.21 bits per heavy atom. The average Bonchev–Trinajstić information content (AvgIpc) is 2.60. The third kappa shape index (κ3) is 3.48. The maximum absolute atomic E-state index is 14.0. The summed E-state index contributed by atoms with van der Waals surface area (Å²) in [6, 6.07) is 4.95. The largest absolute Gasteiger partial charge is 0.497 e. The van der Waals surface area contributed by atoms with Crippen LogP contribution in [-0.4, -0.2) is 31.2 Å². The van der Waals surface area contributed by atoms with Gasteiger partial charge < -0.3 is 15.0 Å². The molecule has 1 heterocycles. The maximum atomic E-state index is 14.0. The van der Waals surface area contributed by atoms with Crippen molar-refractivity contribution < 1.29 is 9.13 Å². The number of aryl methyl sites for hydroxylation is 1. The van der Waals surface area contributed by atoms with Gasteiger partial charge in [0.15, 0.2) is 0 Å². The molecule has 0 spiro atoms. The van der Waals surface area contributed by atoms with Crippen molar-refractivity contribution in [3.05, 3.63) is 47.0 Å². The number of aromatic nitrogens is 2. The quantitative estimate of drug-likeness (QED) is 0.913. The Morgan fingerprint density at radius 3 is 2.96 bits per heavy atom. The van der Waals surface area contributed by atoms with Crippen LogP contribution in [0.25, 0.3) is 0 Å². The van der Waals surface area contributed by atoms with Crippen molar-refractivity contribution in [3.63, 3.8) is 0 Å². The van der Waals surface area contributed by atoms with Crippen LogP contribution in [0.5, 0.6) is 5.75 Å². The molecule has 3 rings (SSSR count). The molecule has 128 valence electrons. The highest BCUT2D eigenvalue weighted by Gasteiger charge is 2.22. The molecule has 5 nitrogen and oxygen atoms in total. The third-order valence-corrected chi connectivity index (χ3v) is 4.36. The zero-order chi connectivity index (χ0) is 17.1. The minimum absolute atomic E-state index is 0.149. The van der Waals surface area contributed by atoms with Crippen LogP contribution in [0.15, 0.2) is 24.4 Å². The molecule has 1 aromatic carbocycles. The maximum Gasteiger partial charge on any atom is 0.225 e. The van der Waals surface area contributed by atoms with Gasteiger partial charge in [0.2, 0.25) is 5.95 Å². The van der Waals surface area contributed by atoms with Gasteiger partial charge in [-0.05, 0) is 37.5 Å². The summed E-state index contributed by atoms with van der Waals surface area (Å²) in [5.74, 6) is 1.17. The summed E-state index contributed by atoms with van der Waals surface area (Å²) in [6.45, 7) is 0.447. The number of hydrogen-bond donors (Lipinski definition) is 1. The molecule has 0 radical (unpaired) electrons. The van der Waals surface area contributed by atoms with Gasteiger partial charge in [-0.1, -0.05) is 0 Å². The third-order valence-electron chi connectivity index (χ3n) is 4.36. The van der Waals surface area contributed by atoms with E-state index in [0.717, 1.165) is 36.5 Å². The minimum Gasteiger partial charge on any atom is -0.497 e. The van der Waals surface area contributed by atoms with Gasteiger partial charge in [0.05, 0.1) is 12.8 Å². The van der Waals surface area contributed by atoms with E-state index in [1.54, 1.807) is 19.2 Å². The zero-order valence-corrected chi connectivity index (χ0v) is 14.3. The molecule has 0 fully saturated rings. The molecule has 1 aliphatic rings. The topological polar surface area (TPSA) is 50.3 Å². The summed E-state index contributed by atoms with van der Waals surface area (Å²) in [6.07, 6.45) is 4.93. The van der Waals surface area contributed by atoms with Gasteiger partial charge in [-0.15, -0.1) is 0 Å². The van der Waals surface area contributed by atoms with Gasteiger partial charge in [-0.3, -0.25) is 0 Å². The fourth-order valence-corrected chi connectivity index (χ4v) is 3.01. The predicted octanol–water partition coefficient (Wildman–Crippen LogP) is 2.86. The number of rotatable bonds is 5. The van der Waals surface area contributed by atoms with Crippen molar-refractivity contribution in [2.75, 3.05) is 26.1 Å². The molecule has 6 heteroatoms. The molecule has 24 heavy (non-hydrogen) atoms. The Kier molecular flexibility index (Phi) is 4.94. The first kappa shape index (κ1) is 16.6. The van der Waals surface area contributed by atoms with Crippen molar-refractivity contribution >= 4 is 5.95 Å². The second-order valence-electron chi connectivity index (χ2n) is 6.25. The Balaban J connectivity index is 1.76. The van der Waals surface area contributed by atoms with Gasteiger partial charge in [0, 0.05) is 44.0 Å². The molecule has 1 aliphatic carbocycles. The van der Waals surface area contributed by atoms with Gasteiger partial charge in [-0.2, -0.15) is 0 Å². The molecule has 0 unspecified atom stereocenters. The van der Waals surface area contributed by atoms with E-state index in [1.807, 2.05) is 25.2 Å². The number of hydrogen-bond acceptors (Lipinski definition) is 5. The Hall–Kier alpha value is -2.21. The number of fused-ring (bicyclic) bond motifs is 1. The average molecular weight is 330 g/mol. The van der Waals surface area contributed by atoms with Crippen LogP contribution in [-0.2, 0) is 13.0 Å². The SMILES string of the molecule is COc1ccc(F)c(CN[C@@H]2CCCc3nc(N(C)C)ncc32)c1. The monoisotopic (exact) mass is 330 g/mol. The smallest absolute Gasteiger partial charge is 0.225 e. The number of nitrogens with one attached hydrogen (secondary N) is 1. The van der Waals surface area contributed by atoms with Crippen molar-refractivity contribution in [2.45, 2.75) is 31.8 Å². The lowest BCUT2D eigenvalue weighted by Crippen LogP contribution is -2.27. The Labute approximate surface area is 141 Å². The highest BCUT2D eigenvalue weighted by atomic mass is 19.1. The van der Waals surface area contributed by atoms with Crippen LogP contribution in [0.4, 0.5) is 10.3 Å². The van der Waals surface area contributed by atoms with E-state index in [1.165, 1.54) is 6.07 Å². The van der Waals surface area contributed by atoms with Gasteiger partial charge in [0.25, 0.3) is 0 Å². The lowest BCUT2D eigenvalue weighted by Gasteiger charge is -2.26. The number of methoxy groups -OCH3 is 1. The van der Waals surface area contributed by atoms with Crippen molar-refractivity contribution in [3.8, 4) is 5.75 Å². The van der Waals surface area contributed by atoms with E-state index < -0.39 is 0 Å². The summed E-state index contributed by atoms with van der Waals surface area (Å²) < 4.78 is 19.1. The first-order valence-corrected chi connectivity index (χ1v) is 8.17. The molecule has 1 N–H and O–H groups in total. The van der Waals surface area contributed by atoms with Crippen LogP contribution in [0.3, 0.4) is 0 Å².